The first-order valence-corrected chi connectivity index (χ1v) is 9.56. The molecule has 0 aliphatic carbocycles. The Hall–Kier alpha value is -2.97. The van der Waals surface area contributed by atoms with Crippen LogP contribution >= 0.6 is 23.4 Å². The number of benzene rings is 2. The zero-order valence-electron chi connectivity index (χ0n) is 14.8. The highest BCUT2D eigenvalue weighted by molar-refractivity contribution is 7.99. The first kappa shape index (κ1) is 19.8. The van der Waals surface area contributed by atoms with Crippen LogP contribution in [0.5, 0.6) is 0 Å². The Morgan fingerprint density at radius 2 is 1.93 bits per heavy atom. The maximum absolute atomic E-state index is 12.2. The molecule has 3 aromatic rings. The molecule has 0 saturated heterocycles. The van der Waals surface area contributed by atoms with Crippen LogP contribution in [0.25, 0.3) is 11.3 Å². The lowest BCUT2D eigenvalue weighted by atomic mass is 10.1. The van der Waals surface area contributed by atoms with Gasteiger partial charge in [0.15, 0.2) is 5.16 Å². The van der Waals surface area contributed by atoms with Crippen LogP contribution in [-0.2, 0) is 4.79 Å². The summed E-state index contributed by atoms with van der Waals surface area (Å²) in [5.41, 5.74) is 2.73. The van der Waals surface area contributed by atoms with Crippen LogP contribution in [0.1, 0.15) is 5.69 Å². The molecule has 28 heavy (non-hydrogen) atoms. The number of hydrogen-bond donors (Lipinski definition) is 1. The third-order valence-corrected chi connectivity index (χ3v) is 4.83. The van der Waals surface area contributed by atoms with E-state index in [0.717, 1.165) is 17.0 Å². The van der Waals surface area contributed by atoms with E-state index in [4.69, 9.17) is 11.6 Å². The highest BCUT2D eigenvalue weighted by Gasteiger charge is 2.13. The smallest absolute Gasteiger partial charge is 0.271 e. The summed E-state index contributed by atoms with van der Waals surface area (Å²) < 4.78 is 0. The molecule has 0 bridgehead atoms. The number of carbonyl (C=O) groups is 1. The predicted molar refractivity (Wildman–Crippen MR) is 110 cm³/mol. The number of non-ortho nitro benzene ring substituents is 1. The van der Waals surface area contributed by atoms with E-state index in [9.17, 15) is 14.9 Å². The lowest BCUT2D eigenvalue weighted by Gasteiger charge is -2.08. The monoisotopic (exact) mass is 414 g/mol. The van der Waals surface area contributed by atoms with Gasteiger partial charge >= 0.3 is 0 Å². The number of hydrogen-bond acceptors (Lipinski definition) is 6. The molecule has 0 radical (unpaired) electrons. The second kappa shape index (κ2) is 8.81. The van der Waals surface area contributed by atoms with Crippen LogP contribution in [0.3, 0.4) is 0 Å². The van der Waals surface area contributed by atoms with Gasteiger partial charge in [-0.1, -0.05) is 53.7 Å². The third-order valence-electron chi connectivity index (χ3n) is 3.67. The van der Waals surface area contributed by atoms with Gasteiger partial charge in [-0.15, -0.1) is 0 Å². The number of aryl methyl sites for hydroxylation is 1. The second-order valence-electron chi connectivity index (χ2n) is 5.80. The van der Waals surface area contributed by atoms with Gasteiger partial charge < -0.3 is 5.32 Å². The lowest BCUT2D eigenvalue weighted by molar-refractivity contribution is -0.384. The second-order valence-corrected chi connectivity index (χ2v) is 7.15. The number of nitro benzene ring substituents is 1. The summed E-state index contributed by atoms with van der Waals surface area (Å²) in [6.45, 7) is 1.87. The fourth-order valence-electron chi connectivity index (χ4n) is 2.40. The number of thioether (sulfide) groups is 1. The van der Waals surface area contributed by atoms with E-state index >= 15 is 0 Å². The van der Waals surface area contributed by atoms with Gasteiger partial charge in [0.2, 0.25) is 5.91 Å². The number of nitrogens with zero attached hydrogens (tertiary/aromatic N) is 3. The van der Waals surface area contributed by atoms with E-state index < -0.39 is 4.92 Å². The highest BCUT2D eigenvalue weighted by Crippen LogP contribution is 2.27. The number of anilines is 1. The molecule has 0 spiro atoms. The molecule has 0 aliphatic heterocycles. The molecule has 3 rings (SSSR count). The number of nitro groups is 1. The molecule has 0 unspecified atom stereocenters. The predicted octanol–water partition coefficient (Wildman–Crippen LogP) is 4.74. The van der Waals surface area contributed by atoms with Gasteiger partial charge in [0.05, 0.1) is 27.1 Å². The highest BCUT2D eigenvalue weighted by atomic mass is 35.5. The molecular weight excluding hydrogens is 400 g/mol. The van der Waals surface area contributed by atoms with Crippen molar-refractivity contribution >= 4 is 40.6 Å². The van der Waals surface area contributed by atoms with Crippen LogP contribution in [0.2, 0.25) is 5.02 Å². The maximum Gasteiger partial charge on any atom is 0.271 e. The molecule has 0 aliphatic rings. The molecule has 1 aromatic heterocycles. The van der Waals surface area contributed by atoms with Crippen molar-refractivity contribution in [3.8, 4) is 11.3 Å². The SMILES string of the molecule is Cc1cc(-c2ccccc2)nc(SCC(=O)Nc2ccc([N+](=O)[O-])cc2Cl)n1. The topological polar surface area (TPSA) is 98.0 Å². The van der Waals surface area contributed by atoms with Gasteiger partial charge in [0.25, 0.3) is 5.69 Å². The number of rotatable bonds is 6. The Morgan fingerprint density at radius 3 is 2.61 bits per heavy atom. The summed E-state index contributed by atoms with van der Waals surface area (Å²) in [5.74, 6) is -0.238. The average Bonchev–Trinajstić information content (AvgIpc) is 2.68. The zero-order valence-corrected chi connectivity index (χ0v) is 16.3. The van der Waals surface area contributed by atoms with E-state index in [-0.39, 0.29) is 22.4 Å². The standard InChI is InChI=1S/C19H15ClN4O3S/c1-12-9-17(13-5-3-2-4-6-13)23-19(21-12)28-11-18(25)22-16-8-7-14(24(26)27)10-15(16)20/h2-10H,11H2,1H3,(H,22,25). The van der Waals surface area contributed by atoms with E-state index in [2.05, 4.69) is 15.3 Å². The molecule has 9 heteroatoms. The van der Waals surface area contributed by atoms with Gasteiger partial charge in [-0.3, -0.25) is 14.9 Å². The summed E-state index contributed by atoms with van der Waals surface area (Å²) in [6.07, 6.45) is 0. The number of amides is 1. The fraction of sp³-hybridized carbons (Fsp3) is 0.105. The van der Waals surface area contributed by atoms with Crippen LogP contribution in [0.4, 0.5) is 11.4 Å². The first-order chi connectivity index (χ1) is 13.4. The summed E-state index contributed by atoms with van der Waals surface area (Å²) in [4.78, 5) is 31.3. The Bertz CT molecular complexity index is 1030. The third kappa shape index (κ3) is 5.05. The minimum absolute atomic E-state index is 0.0744. The van der Waals surface area contributed by atoms with Crippen LogP contribution in [-0.4, -0.2) is 26.6 Å². The van der Waals surface area contributed by atoms with E-state index in [1.54, 1.807) is 0 Å². The minimum atomic E-state index is -0.549. The lowest BCUT2D eigenvalue weighted by Crippen LogP contribution is -2.14. The van der Waals surface area contributed by atoms with E-state index in [0.29, 0.717) is 10.8 Å². The van der Waals surface area contributed by atoms with Crippen molar-refractivity contribution in [3.63, 3.8) is 0 Å². The molecule has 2 aromatic carbocycles. The molecule has 0 saturated carbocycles. The van der Waals surface area contributed by atoms with E-state index in [1.807, 2.05) is 43.3 Å². The zero-order chi connectivity index (χ0) is 20.1. The Labute approximate surface area is 170 Å². The number of carbonyl (C=O) groups excluding carboxylic acids is 1. The van der Waals surface area contributed by atoms with Crippen molar-refractivity contribution in [1.82, 2.24) is 9.97 Å². The quantitative estimate of drug-likeness (QED) is 0.270. The molecule has 1 heterocycles. The number of nitrogens with one attached hydrogen (secondary N) is 1. The Morgan fingerprint density at radius 1 is 1.18 bits per heavy atom. The van der Waals surface area contributed by atoms with Gasteiger partial charge in [-0.25, -0.2) is 9.97 Å². The van der Waals surface area contributed by atoms with Crippen LogP contribution in [0.15, 0.2) is 59.8 Å². The van der Waals surface area contributed by atoms with Crippen molar-refractivity contribution in [2.24, 2.45) is 0 Å². The van der Waals surface area contributed by atoms with Crippen molar-refractivity contribution in [2.45, 2.75) is 12.1 Å². The molecule has 0 atom stereocenters. The molecular formula is C19H15ClN4O3S. The molecule has 7 nitrogen and oxygen atoms in total. The summed E-state index contributed by atoms with van der Waals surface area (Å²) in [7, 11) is 0. The molecule has 1 N–H and O–H groups in total. The van der Waals surface area contributed by atoms with Crippen LogP contribution < -0.4 is 5.32 Å². The first-order valence-electron chi connectivity index (χ1n) is 8.20. The minimum Gasteiger partial charge on any atom is -0.324 e. The number of halogens is 1. The summed E-state index contributed by atoms with van der Waals surface area (Å²) >= 11 is 7.19. The van der Waals surface area contributed by atoms with Crippen molar-refractivity contribution in [2.75, 3.05) is 11.1 Å². The van der Waals surface area contributed by atoms with Crippen LogP contribution in [0, 0.1) is 17.0 Å². The van der Waals surface area contributed by atoms with Gasteiger partial charge in [-0.05, 0) is 19.1 Å². The Balaban J connectivity index is 1.66. The van der Waals surface area contributed by atoms with Crippen molar-refractivity contribution in [3.05, 3.63) is 75.4 Å². The summed E-state index contributed by atoms with van der Waals surface area (Å²) in [6, 6.07) is 15.5. The fourth-order valence-corrected chi connectivity index (χ4v) is 3.32. The van der Waals surface area contributed by atoms with Crippen molar-refractivity contribution in [1.29, 1.82) is 0 Å². The largest absolute Gasteiger partial charge is 0.324 e. The molecule has 142 valence electrons. The van der Waals surface area contributed by atoms with Gasteiger partial charge in [0, 0.05) is 23.4 Å². The number of aromatic nitrogens is 2. The van der Waals surface area contributed by atoms with Gasteiger partial charge in [-0.2, -0.15) is 0 Å². The maximum atomic E-state index is 12.2. The van der Waals surface area contributed by atoms with E-state index in [1.165, 1.54) is 30.0 Å². The average molecular weight is 415 g/mol. The summed E-state index contributed by atoms with van der Waals surface area (Å²) in [5, 5.41) is 14.0. The molecule has 0 fully saturated rings. The molecule has 1 amide bonds. The normalized spacial score (nSPS) is 10.5. The Kier molecular flexibility index (Phi) is 6.23. The van der Waals surface area contributed by atoms with Gasteiger partial charge in [0.1, 0.15) is 0 Å². The van der Waals surface area contributed by atoms with Crippen molar-refractivity contribution < 1.29 is 9.72 Å².